The highest BCUT2D eigenvalue weighted by molar-refractivity contribution is 5.74. The number of carbonyl (C=O) groups is 1. The van der Waals surface area contributed by atoms with Crippen molar-refractivity contribution in [2.75, 3.05) is 13.6 Å². The lowest BCUT2D eigenvalue weighted by Crippen LogP contribution is -2.43. The van der Waals surface area contributed by atoms with Crippen LogP contribution in [0.3, 0.4) is 0 Å². The van der Waals surface area contributed by atoms with Crippen molar-refractivity contribution in [3.05, 3.63) is 30.3 Å². The van der Waals surface area contributed by atoms with Crippen LogP contribution in [0, 0.1) is 0 Å². The molecule has 2 heterocycles. The van der Waals surface area contributed by atoms with E-state index in [2.05, 4.69) is 20.4 Å². The minimum atomic E-state index is -4.47. The summed E-state index contributed by atoms with van der Waals surface area (Å²) in [6.45, 7) is 0.170. The Bertz CT molecular complexity index is 659. The molecule has 0 fully saturated rings. The molecular weight excluding hydrogens is 315 g/mol. The van der Waals surface area contributed by atoms with Crippen LogP contribution in [0.25, 0.3) is 11.5 Å². The van der Waals surface area contributed by atoms with Crippen LogP contribution < -0.4 is 5.32 Å². The van der Waals surface area contributed by atoms with Crippen molar-refractivity contribution in [3.8, 4) is 11.5 Å². The smallest absolute Gasteiger partial charge is 0.337 e. The SMILES string of the molecule is CC(NC(=O)N(C)CC(F)(F)F)c1nc(-c2ccccn2)no1. The van der Waals surface area contributed by atoms with Crippen LogP contribution in [0.2, 0.25) is 0 Å². The average molecular weight is 329 g/mol. The largest absolute Gasteiger partial charge is 0.406 e. The molecule has 0 bridgehead atoms. The fourth-order valence-electron chi connectivity index (χ4n) is 1.71. The second-order valence-corrected chi connectivity index (χ2v) is 4.81. The molecule has 7 nitrogen and oxygen atoms in total. The first kappa shape index (κ1) is 16.7. The Morgan fingerprint density at radius 2 is 2.17 bits per heavy atom. The highest BCUT2D eigenvalue weighted by atomic mass is 19.4. The molecule has 2 amide bonds. The van der Waals surface area contributed by atoms with Crippen molar-refractivity contribution in [2.45, 2.75) is 19.1 Å². The first-order valence-corrected chi connectivity index (χ1v) is 6.59. The van der Waals surface area contributed by atoms with Gasteiger partial charge in [-0.25, -0.2) is 4.79 Å². The van der Waals surface area contributed by atoms with Crippen molar-refractivity contribution in [1.82, 2.24) is 25.3 Å². The molecule has 1 N–H and O–H groups in total. The highest BCUT2D eigenvalue weighted by Gasteiger charge is 2.32. The van der Waals surface area contributed by atoms with E-state index in [1.165, 1.54) is 6.92 Å². The molecule has 2 aromatic heterocycles. The van der Waals surface area contributed by atoms with Gasteiger partial charge in [0.1, 0.15) is 18.3 Å². The third kappa shape index (κ3) is 4.66. The van der Waals surface area contributed by atoms with Crippen LogP contribution in [-0.2, 0) is 0 Å². The van der Waals surface area contributed by atoms with E-state index >= 15 is 0 Å². The number of halogens is 3. The number of alkyl halides is 3. The third-order valence-electron chi connectivity index (χ3n) is 2.81. The fraction of sp³-hybridized carbons (Fsp3) is 0.385. The summed E-state index contributed by atoms with van der Waals surface area (Å²) in [6, 6.07) is 3.50. The summed E-state index contributed by atoms with van der Waals surface area (Å²) in [4.78, 5) is 20.3. The van der Waals surface area contributed by atoms with Gasteiger partial charge >= 0.3 is 12.2 Å². The number of aromatic nitrogens is 3. The van der Waals surface area contributed by atoms with Gasteiger partial charge in [-0.15, -0.1) is 0 Å². The van der Waals surface area contributed by atoms with Gasteiger partial charge in [0.15, 0.2) is 0 Å². The molecule has 1 unspecified atom stereocenters. The Morgan fingerprint density at radius 3 is 2.78 bits per heavy atom. The van der Waals surface area contributed by atoms with Gasteiger partial charge < -0.3 is 14.7 Å². The predicted octanol–water partition coefficient (Wildman–Crippen LogP) is 2.40. The zero-order valence-corrected chi connectivity index (χ0v) is 12.3. The lowest BCUT2D eigenvalue weighted by molar-refractivity contribution is -0.137. The first-order valence-electron chi connectivity index (χ1n) is 6.59. The van der Waals surface area contributed by atoms with Crippen molar-refractivity contribution >= 4 is 6.03 Å². The van der Waals surface area contributed by atoms with Crippen LogP contribution in [0.15, 0.2) is 28.9 Å². The molecule has 0 saturated heterocycles. The lowest BCUT2D eigenvalue weighted by Gasteiger charge is -2.20. The number of pyridine rings is 1. The van der Waals surface area contributed by atoms with Crippen molar-refractivity contribution in [2.24, 2.45) is 0 Å². The van der Waals surface area contributed by atoms with E-state index in [9.17, 15) is 18.0 Å². The summed E-state index contributed by atoms with van der Waals surface area (Å²) in [7, 11) is 1.04. The minimum absolute atomic E-state index is 0.0689. The summed E-state index contributed by atoms with van der Waals surface area (Å²) in [6.07, 6.45) is -2.91. The number of carbonyl (C=O) groups excluding carboxylic acids is 1. The molecule has 0 spiro atoms. The van der Waals surface area contributed by atoms with E-state index in [0.717, 1.165) is 7.05 Å². The standard InChI is InChI=1S/C13H14F3N5O2/c1-8(18-12(22)21(2)7-13(14,15)16)11-19-10(20-23-11)9-5-3-4-6-17-9/h3-6,8H,7H2,1-2H3,(H,18,22). The number of nitrogens with zero attached hydrogens (tertiary/aromatic N) is 4. The number of hydrogen-bond donors (Lipinski definition) is 1. The van der Waals surface area contributed by atoms with E-state index < -0.39 is 24.8 Å². The first-order chi connectivity index (χ1) is 10.8. The lowest BCUT2D eigenvalue weighted by atomic mass is 10.3. The second-order valence-electron chi connectivity index (χ2n) is 4.81. The third-order valence-corrected chi connectivity index (χ3v) is 2.81. The maximum atomic E-state index is 12.2. The van der Waals surface area contributed by atoms with Crippen LogP contribution >= 0.6 is 0 Å². The van der Waals surface area contributed by atoms with Gasteiger partial charge in [-0.3, -0.25) is 4.98 Å². The molecule has 1 atom stereocenters. The molecule has 124 valence electrons. The van der Waals surface area contributed by atoms with Gasteiger partial charge in [0.05, 0.1) is 0 Å². The normalized spacial score (nSPS) is 12.7. The molecule has 0 radical (unpaired) electrons. The topological polar surface area (TPSA) is 84.2 Å². The molecule has 0 saturated carbocycles. The highest BCUT2D eigenvalue weighted by Crippen LogP contribution is 2.18. The van der Waals surface area contributed by atoms with Crippen LogP contribution in [0.4, 0.5) is 18.0 Å². The van der Waals surface area contributed by atoms with E-state index in [4.69, 9.17) is 4.52 Å². The quantitative estimate of drug-likeness (QED) is 0.931. The van der Waals surface area contributed by atoms with Crippen LogP contribution in [0.5, 0.6) is 0 Å². The molecule has 23 heavy (non-hydrogen) atoms. The monoisotopic (exact) mass is 329 g/mol. The van der Waals surface area contributed by atoms with E-state index in [1.807, 2.05) is 0 Å². The predicted molar refractivity (Wildman–Crippen MR) is 73.2 cm³/mol. The van der Waals surface area contributed by atoms with Gasteiger partial charge in [-0.05, 0) is 19.1 Å². The van der Waals surface area contributed by atoms with Crippen LogP contribution in [-0.4, -0.2) is 45.8 Å². The number of rotatable bonds is 4. The van der Waals surface area contributed by atoms with Gasteiger partial charge in [0.2, 0.25) is 11.7 Å². The second kappa shape index (κ2) is 6.63. The van der Waals surface area contributed by atoms with Crippen molar-refractivity contribution in [3.63, 3.8) is 0 Å². The van der Waals surface area contributed by atoms with Crippen molar-refractivity contribution in [1.29, 1.82) is 0 Å². The number of amides is 2. The maximum Gasteiger partial charge on any atom is 0.406 e. The summed E-state index contributed by atoms with van der Waals surface area (Å²) in [5.74, 6) is 0.296. The van der Waals surface area contributed by atoms with Gasteiger partial charge in [0, 0.05) is 13.2 Å². The number of nitrogens with one attached hydrogen (secondary N) is 1. The Morgan fingerprint density at radius 1 is 1.43 bits per heavy atom. The van der Waals surface area contributed by atoms with Gasteiger partial charge in [-0.2, -0.15) is 18.2 Å². The van der Waals surface area contributed by atoms with Crippen molar-refractivity contribution < 1.29 is 22.5 Å². The molecule has 2 aromatic rings. The Kier molecular flexibility index (Phi) is 4.82. The molecule has 0 aliphatic heterocycles. The Labute approximate surface area is 129 Å². The number of urea groups is 1. The summed E-state index contributed by atoms with van der Waals surface area (Å²) < 4.78 is 41.8. The molecule has 0 aliphatic rings. The molecule has 10 heteroatoms. The zero-order chi connectivity index (χ0) is 17.0. The fourth-order valence-corrected chi connectivity index (χ4v) is 1.71. The zero-order valence-electron chi connectivity index (χ0n) is 12.3. The molecule has 2 rings (SSSR count). The minimum Gasteiger partial charge on any atom is -0.337 e. The van der Waals surface area contributed by atoms with Gasteiger partial charge in [-0.1, -0.05) is 11.2 Å². The van der Waals surface area contributed by atoms with E-state index in [0.29, 0.717) is 10.6 Å². The summed E-state index contributed by atoms with van der Waals surface area (Å²) in [5, 5.41) is 6.08. The summed E-state index contributed by atoms with van der Waals surface area (Å²) in [5.41, 5.74) is 0.482. The molecule has 0 aliphatic carbocycles. The summed E-state index contributed by atoms with van der Waals surface area (Å²) >= 11 is 0. The van der Waals surface area contributed by atoms with Gasteiger partial charge in [0.25, 0.3) is 0 Å². The van der Waals surface area contributed by atoms with Crippen LogP contribution in [0.1, 0.15) is 18.9 Å². The van der Waals surface area contributed by atoms with E-state index in [-0.39, 0.29) is 11.7 Å². The average Bonchev–Trinajstić information content (AvgIpc) is 2.96. The molecular formula is C13H14F3N5O2. The Balaban J connectivity index is 2.00. The Hall–Kier alpha value is -2.65. The van der Waals surface area contributed by atoms with E-state index in [1.54, 1.807) is 24.4 Å². The maximum absolute atomic E-state index is 12.2. The number of hydrogen-bond acceptors (Lipinski definition) is 5. The molecule has 0 aromatic carbocycles.